The molecule has 2 aromatic heterocycles. The van der Waals surface area contributed by atoms with Crippen molar-refractivity contribution in [2.75, 3.05) is 30.3 Å². The number of rotatable bonds is 8. The lowest BCUT2D eigenvalue weighted by Crippen LogP contribution is -2.44. The molecule has 2 aromatic rings. The van der Waals surface area contributed by atoms with E-state index in [0.717, 1.165) is 6.92 Å². The number of anilines is 2. The second-order valence-electron chi connectivity index (χ2n) is 9.32. The van der Waals surface area contributed by atoms with E-state index in [1.54, 1.807) is 17.0 Å². The molecular formula is C23H26F3N9O3. The van der Waals surface area contributed by atoms with E-state index < -0.39 is 29.9 Å². The number of hydrogen-bond acceptors (Lipinski definition) is 10. The molecular weight excluding hydrogens is 507 g/mol. The number of amides is 2. The molecule has 1 aliphatic carbocycles. The fraction of sp³-hybridized carbons (Fsp3) is 0.522. The Kier molecular flexibility index (Phi) is 7.51. The molecule has 12 nitrogen and oxygen atoms in total. The van der Waals surface area contributed by atoms with Gasteiger partial charge in [0.05, 0.1) is 24.3 Å². The van der Waals surface area contributed by atoms with E-state index in [4.69, 9.17) is 21.5 Å². The third kappa shape index (κ3) is 6.18. The standard InChI is InChI=1S/C23H26F3N9O3/c1-11(23(24,25)26)30-20(37)19-32-21(34-22(33-19)38-10-14-8-13(14)9-27)35-6-4-12(5-7-35)16-3-2-15(28)17(31-16)18(29)36/h2-3,11-14H,4-8,10,28H2,1H3,(H2,29,36)(H,30,37)/t11?,13-,14+/m0/s1. The second kappa shape index (κ2) is 10.6. The van der Waals surface area contributed by atoms with Gasteiger partial charge in [-0.3, -0.25) is 9.59 Å². The number of halogens is 3. The summed E-state index contributed by atoms with van der Waals surface area (Å²) in [5, 5.41) is 10.8. The minimum atomic E-state index is -4.64. The van der Waals surface area contributed by atoms with Crippen LogP contribution in [0.1, 0.15) is 58.9 Å². The van der Waals surface area contributed by atoms with Crippen molar-refractivity contribution >= 4 is 23.5 Å². The van der Waals surface area contributed by atoms with Gasteiger partial charge in [-0.1, -0.05) is 0 Å². The van der Waals surface area contributed by atoms with Gasteiger partial charge in [0.1, 0.15) is 6.04 Å². The second-order valence-corrected chi connectivity index (χ2v) is 9.32. The van der Waals surface area contributed by atoms with Gasteiger partial charge < -0.3 is 26.4 Å². The summed E-state index contributed by atoms with van der Waals surface area (Å²) in [5.41, 5.74) is 12.0. The number of carbonyl (C=O) groups excluding carboxylic acids is 2. The first-order chi connectivity index (χ1) is 18.0. The normalized spacial score (nSPS) is 20.3. The summed E-state index contributed by atoms with van der Waals surface area (Å²) in [6.45, 7) is 1.79. The van der Waals surface area contributed by atoms with Crippen LogP contribution in [-0.4, -0.2) is 63.7 Å². The number of nitrogens with one attached hydrogen (secondary N) is 1. The number of aromatic nitrogens is 4. The molecule has 2 amide bonds. The smallest absolute Gasteiger partial charge is 0.408 e. The van der Waals surface area contributed by atoms with Crippen LogP contribution in [-0.2, 0) is 0 Å². The number of piperidine rings is 1. The zero-order valence-corrected chi connectivity index (χ0v) is 20.4. The van der Waals surface area contributed by atoms with Crippen molar-refractivity contribution in [2.45, 2.75) is 44.3 Å². The molecule has 5 N–H and O–H groups in total. The number of nitrogen functional groups attached to an aromatic ring is 1. The van der Waals surface area contributed by atoms with Crippen LogP contribution in [0.2, 0.25) is 0 Å². The van der Waals surface area contributed by atoms with Gasteiger partial charge in [0.15, 0.2) is 5.69 Å². The number of nitrogens with two attached hydrogens (primary N) is 2. The maximum absolute atomic E-state index is 13.0. The van der Waals surface area contributed by atoms with Crippen LogP contribution in [0.25, 0.3) is 0 Å². The van der Waals surface area contributed by atoms with Crippen LogP contribution >= 0.6 is 0 Å². The van der Waals surface area contributed by atoms with Crippen molar-refractivity contribution in [3.8, 4) is 12.1 Å². The number of alkyl halides is 3. The quantitative estimate of drug-likeness (QED) is 0.449. The van der Waals surface area contributed by atoms with Crippen molar-refractivity contribution in [1.82, 2.24) is 25.3 Å². The molecule has 15 heteroatoms. The molecule has 1 aliphatic heterocycles. The van der Waals surface area contributed by atoms with Gasteiger partial charge in [0.2, 0.25) is 11.8 Å². The van der Waals surface area contributed by atoms with Gasteiger partial charge >= 0.3 is 12.2 Å². The molecule has 0 spiro atoms. The largest absolute Gasteiger partial charge is 0.463 e. The van der Waals surface area contributed by atoms with Gasteiger partial charge in [-0.2, -0.15) is 33.4 Å². The summed E-state index contributed by atoms with van der Waals surface area (Å²) in [6, 6.07) is 3.12. The zero-order valence-electron chi connectivity index (χ0n) is 20.4. The van der Waals surface area contributed by atoms with E-state index >= 15 is 0 Å². The average molecular weight is 534 g/mol. The Bertz CT molecular complexity index is 1260. The fourth-order valence-corrected chi connectivity index (χ4v) is 4.05. The topological polar surface area (TPSA) is 186 Å². The van der Waals surface area contributed by atoms with E-state index in [2.05, 4.69) is 26.0 Å². The van der Waals surface area contributed by atoms with Crippen LogP contribution < -0.4 is 26.4 Å². The number of ether oxygens (including phenoxy) is 1. The maximum atomic E-state index is 13.0. The number of pyridine rings is 1. The van der Waals surface area contributed by atoms with Gasteiger partial charge in [-0.15, -0.1) is 0 Å². The van der Waals surface area contributed by atoms with Gasteiger partial charge in [-0.25, -0.2) is 4.98 Å². The monoisotopic (exact) mass is 533 g/mol. The first kappa shape index (κ1) is 26.8. The minimum absolute atomic E-state index is 0.00206. The fourth-order valence-electron chi connectivity index (χ4n) is 4.05. The molecule has 1 saturated heterocycles. The van der Waals surface area contributed by atoms with Crippen molar-refractivity contribution in [3.63, 3.8) is 0 Å². The zero-order chi connectivity index (χ0) is 27.6. The van der Waals surface area contributed by atoms with E-state index in [0.29, 0.717) is 38.0 Å². The molecule has 202 valence electrons. The first-order valence-electron chi connectivity index (χ1n) is 11.9. The molecule has 1 unspecified atom stereocenters. The van der Waals surface area contributed by atoms with Crippen molar-refractivity contribution < 1.29 is 27.5 Å². The third-order valence-electron chi connectivity index (χ3n) is 6.54. The molecule has 2 fully saturated rings. The van der Waals surface area contributed by atoms with Gasteiger partial charge in [0.25, 0.3) is 11.8 Å². The van der Waals surface area contributed by atoms with Crippen LogP contribution in [0, 0.1) is 23.2 Å². The highest BCUT2D eigenvalue weighted by Crippen LogP contribution is 2.37. The lowest BCUT2D eigenvalue weighted by atomic mass is 9.93. The van der Waals surface area contributed by atoms with Crippen molar-refractivity contribution in [2.24, 2.45) is 17.6 Å². The Labute approximate surface area is 215 Å². The van der Waals surface area contributed by atoms with Gasteiger partial charge in [-0.05, 0) is 38.3 Å². The molecule has 3 heterocycles. The molecule has 38 heavy (non-hydrogen) atoms. The predicted octanol–water partition coefficient (Wildman–Crippen LogP) is 1.55. The minimum Gasteiger partial charge on any atom is -0.463 e. The SMILES string of the molecule is CC(NC(=O)c1nc(OC[C@H]2C[C@H]2C#N)nc(N2CCC(c3ccc(N)c(C(N)=O)n3)CC2)n1)C(F)(F)F. The van der Waals surface area contributed by atoms with Gasteiger partial charge in [0, 0.05) is 30.6 Å². The summed E-state index contributed by atoms with van der Waals surface area (Å²) in [5.74, 6) is -2.44. The highest BCUT2D eigenvalue weighted by Gasteiger charge is 2.39. The number of hydrogen-bond donors (Lipinski definition) is 3. The first-order valence-corrected chi connectivity index (χ1v) is 11.9. The maximum Gasteiger partial charge on any atom is 0.408 e. The third-order valence-corrected chi connectivity index (χ3v) is 6.54. The Morgan fingerprint density at radius 1 is 1.24 bits per heavy atom. The Morgan fingerprint density at radius 3 is 2.55 bits per heavy atom. The Balaban J connectivity index is 1.50. The molecule has 1 saturated carbocycles. The summed E-state index contributed by atoms with van der Waals surface area (Å²) >= 11 is 0. The van der Waals surface area contributed by atoms with Crippen molar-refractivity contribution in [3.05, 3.63) is 29.3 Å². The summed E-state index contributed by atoms with van der Waals surface area (Å²) in [4.78, 5) is 42.5. The van der Waals surface area contributed by atoms with E-state index in [9.17, 15) is 22.8 Å². The van der Waals surface area contributed by atoms with Crippen LogP contribution in [0.5, 0.6) is 6.01 Å². The Morgan fingerprint density at radius 2 is 1.95 bits per heavy atom. The lowest BCUT2D eigenvalue weighted by Gasteiger charge is -2.32. The molecule has 0 aromatic carbocycles. The van der Waals surface area contributed by atoms with Crippen LogP contribution in [0.3, 0.4) is 0 Å². The van der Waals surface area contributed by atoms with E-state index in [1.165, 1.54) is 0 Å². The number of nitriles is 1. The van der Waals surface area contributed by atoms with Crippen LogP contribution in [0.4, 0.5) is 24.8 Å². The summed E-state index contributed by atoms with van der Waals surface area (Å²) in [7, 11) is 0. The molecule has 4 rings (SSSR count). The molecule has 3 atom stereocenters. The Hall–Kier alpha value is -4.22. The number of primary amides is 1. The average Bonchev–Trinajstić information content (AvgIpc) is 3.65. The molecule has 2 aliphatic rings. The summed E-state index contributed by atoms with van der Waals surface area (Å²) in [6.07, 6.45) is -2.82. The van der Waals surface area contributed by atoms with Crippen LogP contribution in [0.15, 0.2) is 12.1 Å². The van der Waals surface area contributed by atoms with E-state index in [-0.39, 0.29) is 47.7 Å². The highest BCUT2D eigenvalue weighted by atomic mass is 19.4. The summed E-state index contributed by atoms with van der Waals surface area (Å²) < 4.78 is 44.5. The van der Waals surface area contributed by atoms with E-state index in [1.807, 2.05) is 5.32 Å². The molecule has 0 bridgehead atoms. The highest BCUT2D eigenvalue weighted by molar-refractivity contribution is 5.95. The molecule has 0 radical (unpaired) electrons. The lowest BCUT2D eigenvalue weighted by molar-refractivity contribution is -0.149. The number of nitrogens with zero attached hydrogens (tertiary/aromatic N) is 6. The number of carbonyl (C=O) groups is 2. The van der Waals surface area contributed by atoms with Crippen molar-refractivity contribution in [1.29, 1.82) is 5.26 Å². The predicted molar refractivity (Wildman–Crippen MR) is 127 cm³/mol.